The summed E-state index contributed by atoms with van der Waals surface area (Å²) in [5.74, 6) is -1.89. The number of fused-ring (bicyclic) bond motifs is 14. The standard InChI is InChI=1S/C26H39N3O8/c1-5-13-35-16-21-23(31)27-20(24(32)33)15-17-9-11-18(12-10-17)36-14-7-6-8-19(22(30)28-21)29-25(34)37-26(2,3)4/h9-12,19-21H,5-8,13-16H2,1-4H3,(H,27,31)(H,28,30)(H,29,34)(H,32,33)/t19-,20-,21+/m0/s1. The van der Waals surface area contributed by atoms with Crippen molar-refractivity contribution in [2.24, 2.45) is 0 Å². The van der Waals surface area contributed by atoms with Crippen molar-refractivity contribution in [1.82, 2.24) is 16.0 Å². The molecule has 2 bridgehead atoms. The minimum Gasteiger partial charge on any atom is -0.494 e. The van der Waals surface area contributed by atoms with Crippen LogP contribution in [-0.2, 0) is 30.3 Å². The Bertz CT molecular complexity index is 913. The molecule has 2 aliphatic heterocycles. The van der Waals surface area contributed by atoms with Crippen molar-refractivity contribution >= 4 is 23.9 Å². The molecule has 1 aromatic carbocycles. The minimum absolute atomic E-state index is 0.0423. The van der Waals surface area contributed by atoms with Gasteiger partial charge in [-0.05, 0) is 64.2 Å². The second-order valence-corrected chi connectivity index (χ2v) is 9.93. The predicted molar refractivity (Wildman–Crippen MR) is 135 cm³/mol. The molecule has 0 spiro atoms. The number of ether oxygens (including phenoxy) is 3. The fraction of sp³-hybridized carbons (Fsp3) is 0.615. The molecule has 0 radical (unpaired) electrons. The summed E-state index contributed by atoms with van der Waals surface area (Å²) < 4.78 is 16.5. The van der Waals surface area contributed by atoms with Crippen molar-refractivity contribution in [2.75, 3.05) is 19.8 Å². The van der Waals surface area contributed by atoms with E-state index in [0.717, 1.165) is 0 Å². The molecule has 0 aromatic heterocycles. The number of carboxylic acid groups (broad SMARTS) is 1. The molecule has 0 saturated carbocycles. The van der Waals surface area contributed by atoms with Crippen molar-refractivity contribution < 1.29 is 38.5 Å². The first-order chi connectivity index (χ1) is 17.5. The van der Waals surface area contributed by atoms with Gasteiger partial charge in [-0.25, -0.2) is 9.59 Å². The van der Waals surface area contributed by atoms with E-state index in [4.69, 9.17) is 14.2 Å². The summed E-state index contributed by atoms with van der Waals surface area (Å²) in [6.07, 6.45) is 1.42. The molecule has 37 heavy (non-hydrogen) atoms. The van der Waals surface area contributed by atoms with Crippen molar-refractivity contribution in [3.63, 3.8) is 0 Å². The van der Waals surface area contributed by atoms with E-state index in [1.54, 1.807) is 45.0 Å². The third kappa shape index (κ3) is 11.1. The summed E-state index contributed by atoms with van der Waals surface area (Å²) in [4.78, 5) is 50.6. The zero-order chi connectivity index (χ0) is 27.4. The monoisotopic (exact) mass is 521 g/mol. The molecule has 11 nitrogen and oxygen atoms in total. The highest BCUT2D eigenvalue weighted by Gasteiger charge is 2.31. The van der Waals surface area contributed by atoms with Gasteiger partial charge in [-0.15, -0.1) is 0 Å². The normalized spacial score (nSPS) is 21.7. The lowest BCUT2D eigenvalue weighted by Crippen LogP contribution is -2.57. The van der Waals surface area contributed by atoms with Crippen molar-refractivity contribution in [3.8, 4) is 5.75 Å². The quantitative estimate of drug-likeness (QED) is 0.416. The van der Waals surface area contributed by atoms with Crippen LogP contribution in [-0.4, -0.2) is 72.5 Å². The number of benzene rings is 1. The zero-order valence-electron chi connectivity index (χ0n) is 22.0. The van der Waals surface area contributed by atoms with E-state index in [-0.39, 0.29) is 19.4 Å². The largest absolute Gasteiger partial charge is 0.494 e. The maximum absolute atomic E-state index is 13.2. The summed E-state index contributed by atoms with van der Waals surface area (Å²) in [5.41, 5.74) is -0.0584. The average molecular weight is 522 g/mol. The number of amides is 3. The van der Waals surface area contributed by atoms with Crippen LogP contribution in [0.15, 0.2) is 24.3 Å². The number of aliphatic carboxylic acids is 1. The lowest BCUT2D eigenvalue weighted by atomic mass is 10.1. The van der Waals surface area contributed by atoms with E-state index >= 15 is 0 Å². The van der Waals surface area contributed by atoms with Gasteiger partial charge in [0.2, 0.25) is 11.8 Å². The molecule has 0 unspecified atom stereocenters. The van der Waals surface area contributed by atoms with Gasteiger partial charge in [0.05, 0.1) is 13.2 Å². The molecule has 0 fully saturated rings. The van der Waals surface area contributed by atoms with Crippen LogP contribution >= 0.6 is 0 Å². The molecule has 1 aromatic rings. The third-order valence-electron chi connectivity index (χ3n) is 5.41. The first-order valence-electron chi connectivity index (χ1n) is 12.6. The van der Waals surface area contributed by atoms with E-state index in [1.807, 2.05) is 6.92 Å². The van der Waals surface area contributed by atoms with Gasteiger partial charge in [0.15, 0.2) is 0 Å². The van der Waals surface area contributed by atoms with Gasteiger partial charge in [-0.2, -0.15) is 0 Å². The Morgan fingerprint density at radius 2 is 1.81 bits per heavy atom. The Hall–Kier alpha value is -3.34. The summed E-state index contributed by atoms with van der Waals surface area (Å²) in [6.45, 7) is 7.63. The van der Waals surface area contributed by atoms with Crippen LogP contribution in [0.4, 0.5) is 4.79 Å². The molecule has 3 rings (SSSR count). The maximum atomic E-state index is 13.2. The van der Waals surface area contributed by atoms with E-state index in [0.29, 0.717) is 43.8 Å². The molecule has 2 aliphatic rings. The van der Waals surface area contributed by atoms with Crippen molar-refractivity contribution in [3.05, 3.63) is 29.8 Å². The summed E-state index contributed by atoms with van der Waals surface area (Å²) in [5, 5.41) is 17.4. The molecule has 0 aliphatic carbocycles. The number of nitrogens with one attached hydrogen (secondary N) is 3. The van der Waals surface area contributed by atoms with Crippen LogP contribution < -0.4 is 20.7 Å². The fourth-order valence-corrected chi connectivity index (χ4v) is 3.59. The Balaban J connectivity index is 2.28. The Morgan fingerprint density at radius 1 is 1.11 bits per heavy atom. The zero-order valence-corrected chi connectivity index (χ0v) is 22.0. The SMILES string of the molecule is CCCOC[C@H]1NC(=O)[C@@H](NC(=O)OC(C)(C)C)CCCCOc2ccc(cc2)C[C@@H](C(=O)O)NC1=O. The lowest BCUT2D eigenvalue weighted by molar-refractivity contribution is -0.142. The Kier molecular flexibility index (Phi) is 11.6. The number of hydrogen-bond acceptors (Lipinski definition) is 7. The van der Waals surface area contributed by atoms with E-state index in [1.165, 1.54) is 0 Å². The van der Waals surface area contributed by atoms with Crippen LogP contribution in [0, 0.1) is 0 Å². The van der Waals surface area contributed by atoms with Gasteiger partial charge >= 0.3 is 12.1 Å². The molecule has 206 valence electrons. The number of rotatable bonds is 6. The van der Waals surface area contributed by atoms with Crippen molar-refractivity contribution in [2.45, 2.75) is 83.5 Å². The van der Waals surface area contributed by atoms with Gasteiger partial charge < -0.3 is 35.3 Å². The van der Waals surface area contributed by atoms with E-state index in [2.05, 4.69) is 16.0 Å². The molecule has 11 heteroatoms. The first-order valence-corrected chi connectivity index (χ1v) is 12.6. The second-order valence-electron chi connectivity index (χ2n) is 9.93. The van der Waals surface area contributed by atoms with Gasteiger partial charge in [0.25, 0.3) is 0 Å². The third-order valence-corrected chi connectivity index (χ3v) is 5.41. The van der Waals surface area contributed by atoms with Crippen LogP contribution in [0.5, 0.6) is 5.75 Å². The highest BCUT2D eigenvalue weighted by Crippen LogP contribution is 2.15. The van der Waals surface area contributed by atoms with Crippen LogP contribution in [0.1, 0.15) is 58.9 Å². The summed E-state index contributed by atoms with van der Waals surface area (Å²) in [7, 11) is 0. The second kappa shape index (κ2) is 14.4. The smallest absolute Gasteiger partial charge is 0.408 e. The molecule has 3 amide bonds. The molecule has 2 heterocycles. The van der Waals surface area contributed by atoms with Crippen LogP contribution in [0.3, 0.4) is 0 Å². The van der Waals surface area contributed by atoms with Crippen molar-refractivity contribution in [1.29, 1.82) is 0 Å². The highest BCUT2D eigenvalue weighted by molar-refractivity contribution is 5.93. The molecule has 0 saturated heterocycles. The topological polar surface area (TPSA) is 152 Å². The summed E-state index contributed by atoms with van der Waals surface area (Å²) >= 11 is 0. The Labute approximate surface area is 217 Å². The molecular weight excluding hydrogens is 482 g/mol. The van der Waals surface area contributed by atoms with Gasteiger partial charge in [-0.1, -0.05) is 19.1 Å². The number of carbonyl (C=O) groups excluding carboxylic acids is 3. The van der Waals surface area contributed by atoms with E-state index in [9.17, 15) is 24.3 Å². The molecular formula is C26H39N3O8. The first kappa shape index (κ1) is 29.9. The van der Waals surface area contributed by atoms with Gasteiger partial charge in [0, 0.05) is 13.0 Å². The van der Waals surface area contributed by atoms with Crippen LogP contribution in [0.25, 0.3) is 0 Å². The molecule has 3 atom stereocenters. The van der Waals surface area contributed by atoms with Gasteiger partial charge in [0.1, 0.15) is 29.5 Å². The summed E-state index contributed by atoms with van der Waals surface area (Å²) in [6, 6.07) is 3.61. The van der Waals surface area contributed by atoms with Crippen LogP contribution in [0.2, 0.25) is 0 Å². The van der Waals surface area contributed by atoms with Gasteiger partial charge in [-0.3, -0.25) is 9.59 Å². The highest BCUT2D eigenvalue weighted by atomic mass is 16.6. The predicted octanol–water partition coefficient (Wildman–Crippen LogP) is 2.17. The lowest BCUT2D eigenvalue weighted by Gasteiger charge is -2.26. The number of alkyl carbamates (subject to hydrolysis) is 1. The minimum atomic E-state index is -1.23. The number of carbonyl (C=O) groups is 4. The maximum Gasteiger partial charge on any atom is 0.408 e. The Morgan fingerprint density at radius 3 is 2.43 bits per heavy atom. The number of carboxylic acids is 1. The molecule has 4 N–H and O–H groups in total. The average Bonchev–Trinajstić information content (AvgIpc) is 2.81. The number of hydrogen-bond donors (Lipinski definition) is 4. The fourth-order valence-electron chi connectivity index (χ4n) is 3.59. The van der Waals surface area contributed by atoms with E-state index < -0.39 is 47.6 Å².